The molecule has 0 saturated heterocycles. The first-order valence-corrected chi connectivity index (χ1v) is 9.12. The van der Waals surface area contributed by atoms with Crippen LogP contribution >= 0.6 is 0 Å². The van der Waals surface area contributed by atoms with Gasteiger partial charge < -0.3 is 19.2 Å². The summed E-state index contributed by atoms with van der Waals surface area (Å²) in [7, 11) is 2.11. The Balaban J connectivity index is 1.29. The van der Waals surface area contributed by atoms with E-state index in [-0.39, 0.29) is 5.91 Å². The first-order chi connectivity index (χ1) is 13.2. The zero-order valence-corrected chi connectivity index (χ0v) is 15.2. The van der Waals surface area contributed by atoms with Crippen molar-refractivity contribution in [2.24, 2.45) is 0 Å². The van der Waals surface area contributed by atoms with Gasteiger partial charge in [-0.05, 0) is 24.1 Å². The van der Waals surface area contributed by atoms with Crippen LogP contribution in [0.5, 0.6) is 0 Å². The summed E-state index contributed by atoms with van der Waals surface area (Å²) in [4.78, 5) is 18.8. The van der Waals surface area contributed by atoms with Crippen molar-refractivity contribution < 1.29 is 13.7 Å². The number of aromatic nitrogens is 2. The lowest BCUT2D eigenvalue weighted by Crippen LogP contribution is -2.34. The number of nitrogens with one attached hydrogen (secondary N) is 1. The zero-order valence-electron chi connectivity index (χ0n) is 15.2. The Hall–Kier alpha value is -3.09. The van der Waals surface area contributed by atoms with Gasteiger partial charge in [0.1, 0.15) is 6.26 Å². The maximum atomic E-state index is 12.2. The van der Waals surface area contributed by atoms with Gasteiger partial charge in [-0.25, -0.2) is 0 Å². The van der Waals surface area contributed by atoms with E-state index in [0.29, 0.717) is 37.0 Å². The van der Waals surface area contributed by atoms with Gasteiger partial charge in [0.05, 0.1) is 11.8 Å². The molecule has 1 aliphatic rings. The van der Waals surface area contributed by atoms with Gasteiger partial charge >= 0.3 is 0 Å². The van der Waals surface area contributed by atoms with E-state index in [1.165, 1.54) is 11.3 Å². The topological polar surface area (TPSA) is 84.4 Å². The van der Waals surface area contributed by atoms with E-state index < -0.39 is 0 Å². The number of benzene rings is 1. The SMILES string of the molecule is CN1CC[C@H](CNC(=O)CCc2nc(-c3ccoc3)no2)c2ccccc21. The Kier molecular flexibility index (Phi) is 4.91. The van der Waals surface area contributed by atoms with Crippen LogP contribution < -0.4 is 10.2 Å². The van der Waals surface area contributed by atoms with Crippen LogP contribution in [0.4, 0.5) is 5.69 Å². The van der Waals surface area contributed by atoms with Crippen molar-refractivity contribution in [2.45, 2.75) is 25.2 Å². The van der Waals surface area contributed by atoms with Gasteiger partial charge in [-0.3, -0.25) is 4.79 Å². The third-order valence-corrected chi connectivity index (χ3v) is 4.96. The maximum absolute atomic E-state index is 12.2. The molecule has 1 atom stereocenters. The van der Waals surface area contributed by atoms with Gasteiger partial charge in [0.25, 0.3) is 0 Å². The van der Waals surface area contributed by atoms with E-state index in [2.05, 4.69) is 51.7 Å². The minimum absolute atomic E-state index is 0.00512. The molecule has 0 bridgehead atoms. The van der Waals surface area contributed by atoms with Gasteiger partial charge in [0.2, 0.25) is 17.6 Å². The quantitative estimate of drug-likeness (QED) is 0.722. The van der Waals surface area contributed by atoms with Gasteiger partial charge in [0.15, 0.2) is 0 Å². The number of anilines is 1. The fourth-order valence-electron chi connectivity index (χ4n) is 3.43. The molecule has 3 aromatic rings. The molecule has 2 aromatic heterocycles. The van der Waals surface area contributed by atoms with E-state index in [4.69, 9.17) is 8.94 Å². The van der Waals surface area contributed by atoms with Crippen LogP contribution in [-0.4, -0.2) is 36.2 Å². The van der Waals surface area contributed by atoms with Crippen molar-refractivity contribution in [3.05, 3.63) is 54.3 Å². The number of para-hydroxylation sites is 1. The van der Waals surface area contributed by atoms with E-state index in [0.717, 1.165) is 18.5 Å². The van der Waals surface area contributed by atoms with Gasteiger partial charge in [-0.15, -0.1) is 0 Å². The smallest absolute Gasteiger partial charge is 0.227 e. The second-order valence-corrected chi connectivity index (χ2v) is 6.79. The van der Waals surface area contributed by atoms with Crippen molar-refractivity contribution in [1.29, 1.82) is 0 Å². The zero-order chi connectivity index (χ0) is 18.6. The molecule has 1 amide bonds. The first kappa shape index (κ1) is 17.3. The predicted octanol–water partition coefficient (Wildman–Crippen LogP) is 3.00. The highest BCUT2D eigenvalue weighted by atomic mass is 16.5. The van der Waals surface area contributed by atoms with E-state index in [1.807, 2.05) is 0 Å². The highest BCUT2D eigenvalue weighted by molar-refractivity contribution is 5.76. The summed E-state index contributed by atoms with van der Waals surface area (Å²) in [5, 5.41) is 6.96. The minimum atomic E-state index is -0.00512. The average molecular weight is 366 g/mol. The van der Waals surface area contributed by atoms with Crippen LogP contribution in [0.2, 0.25) is 0 Å². The third-order valence-electron chi connectivity index (χ3n) is 4.96. The van der Waals surface area contributed by atoms with Crippen LogP contribution in [0, 0.1) is 0 Å². The lowest BCUT2D eigenvalue weighted by Gasteiger charge is -2.33. The van der Waals surface area contributed by atoms with Crippen LogP contribution in [0.25, 0.3) is 11.4 Å². The Labute approximate surface area is 157 Å². The average Bonchev–Trinajstić information content (AvgIpc) is 3.38. The molecule has 0 spiro atoms. The molecule has 3 heterocycles. The number of hydrogen-bond donors (Lipinski definition) is 1. The van der Waals surface area contributed by atoms with Crippen molar-refractivity contribution in [3.63, 3.8) is 0 Å². The van der Waals surface area contributed by atoms with Gasteiger partial charge in [-0.2, -0.15) is 4.98 Å². The second kappa shape index (κ2) is 7.65. The number of hydrogen-bond acceptors (Lipinski definition) is 6. The normalized spacial score (nSPS) is 16.2. The number of fused-ring (bicyclic) bond motifs is 1. The summed E-state index contributed by atoms with van der Waals surface area (Å²) in [5.41, 5.74) is 3.31. The van der Waals surface area contributed by atoms with Crippen LogP contribution in [0.3, 0.4) is 0 Å². The number of furan rings is 1. The molecule has 7 nitrogen and oxygen atoms in total. The molecule has 140 valence electrons. The van der Waals surface area contributed by atoms with Gasteiger partial charge in [0, 0.05) is 44.6 Å². The summed E-state index contributed by atoms with van der Waals surface area (Å²) in [6.45, 7) is 1.64. The van der Waals surface area contributed by atoms with Crippen LogP contribution in [0.15, 0.2) is 51.8 Å². The Morgan fingerprint density at radius 1 is 1.33 bits per heavy atom. The molecule has 1 aromatic carbocycles. The standard InChI is InChI=1S/C20H22N4O3/c1-24-10-8-14(16-4-2-3-5-17(16)24)12-21-18(25)6-7-19-22-20(23-27-19)15-9-11-26-13-15/h2-5,9,11,13-14H,6-8,10,12H2,1H3,(H,21,25)/t14-/m1/s1. The van der Waals surface area contributed by atoms with E-state index in [1.54, 1.807) is 18.6 Å². The molecule has 0 saturated carbocycles. The number of rotatable bonds is 6. The van der Waals surface area contributed by atoms with Crippen LogP contribution in [0.1, 0.15) is 30.2 Å². The largest absolute Gasteiger partial charge is 0.472 e. The molecular formula is C20H22N4O3. The summed E-state index contributed by atoms with van der Waals surface area (Å²) < 4.78 is 10.2. The number of aryl methyl sites for hydroxylation is 1. The Morgan fingerprint density at radius 2 is 2.22 bits per heavy atom. The molecule has 1 aliphatic heterocycles. The molecular weight excluding hydrogens is 344 g/mol. The lowest BCUT2D eigenvalue weighted by molar-refractivity contribution is -0.121. The summed E-state index contributed by atoms with van der Waals surface area (Å²) in [6, 6.07) is 10.2. The monoisotopic (exact) mass is 366 g/mol. The molecule has 0 aliphatic carbocycles. The summed E-state index contributed by atoms with van der Waals surface area (Å²) >= 11 is 0. The summed E-state index contributed by atoms with van der Waals surface area (Å²) in [5.74, 6) is 1.26. The summed E-state index contributed by atoms with van der Waals surface area (Å²) in [6.07, 6.45) is 4.88. The van der Waals surface area contributed by atoms with Crippen molar-refractivity contribution in [1.82, 2.24) is 15.5 Å². The lowest BCUT2D eigenvalue weighted by atomic mass is 9.90. The third kappa shape index (κ3) is 3.86. The Bertz CT molecular complexity index is 904. The highest BCUT2D eigenvalue weighted by Gasteiger charge is 2.23. The van der Waals surface area contributed by atoms with Crippen molar-refractivity contribution >= 4 is 11.6 Å². The molecule has 0 unspecified atom stereocenters. The fourth-order valence-corrected chi connectivity index (χ4v) is 3.43. The van der Waals surface area contributed by atoms with Crippen LogP contribution in [-0.2, 0) is 11.2 Å². The first-order valence-electron chi connectivity index (χ1n) is 9.12. The maximum Gasteiger partial charge on any atom is 0.227 e. The van der Waals surface area contributed by atoms with E-state index >= 15 is 0 Å². The molecule has 0 radical (unpaired) electrons. The molecule has 1 N–H and O–H groups in total. The second-order valence-electron chi connectivity index (χ2n) is 6.79. The number of amides is 1. The molecule has 7 heteroatoms. The molecule has 27 heavy (non-hydrogen) atoms. The molecule has 0 fully saturated rings. The molecule has 4 rings (SSSR count). The van der Waals surface area contributed by atoms with Crippen molar-refractivity contribution in [2.75, 3.05) is 25.0 Å². The number of nitrogens with zero attached hydrogens (tertiary/aromatic N) is 3. The Morgan fingerprint density at radius 3 is 3.07 bits per heavy atom. The van der Waals surface area contributed by atoms with E-state index in [9.17, 15) is 4.79 Å². The van der Waals surface area contributed by atoms with Gasteiger partial charge in [-0.1, -0.05) is 23.4 Å². The number of carbonyl (C=O) groups is 1. The highest BCUT2D eigenvalue weighted by Crippen LogP contribution is 2.33. The van der Waals surface area contributed by atoms with Crippen molar-refractivity contribution in [3.8, 4) is 11.4 Å². The predicted molar refractivity (Wildman–Crippen MR) is 100 cm³/mol. The number of carbonyl (C=O) groups excluding carboxylic acids is 1. The fraction of sp³-hybridized carbons (Fsp3) is 0.350. The minimum Gasteiger partial charge on any atom is -0.472 e.